The second kappa shape index (κ2) is 9.39. The quantitative estimate of drug-likeness (QED) is 0.694. The molecule has 1 atom stereocenters. The molecular weight excluding hydrogens is 404 g/mol. The first-order valence-electron chi connectivity index (χ1n) is 9.92. The van der Waals surface area contributed by atoms with E-state index < -0.39 is 5.54 Å². The van der Waals surface area contributed by atoms with E-state index in [1.807, 2.05) is 43.3 Å². The van der Waals surface area contributed by atoms with Crippen LogP contribution in [-0.2, 0) is 22.6 Å². The number of methoxy groups -OCH3 is 2. The summed E-state index contributed by atoms with van der Waals surface area (Å²) in [4.78, 5) is 27.2. The minimum absolute atomic E-state index is 0.0348. The molecule has 3 rings (SSSR count). The first-order valence-corrected chi connectivity index (χ1v) is 10.3. The van der Waals surface area contributed by atoms with Gasteiger partial charge in [0.15, 0.2) is 11.5 Å². The van der Waals surface area contributed by atoms with E-state index in [9.17, 15) is 9.59 Å². The van der Waals surface area contributed by atoms with Crippen LogP contribution in [0.4, 0.5) is 0 Å². The van der Waals surface area contributed by atoms with Gasteiger partial charge in [-0.3, -0.25) is 9.59 Å². The third kappa shape index (κ3) is 4.54. The number of halogens is 1. The fourth-order valence-corrected chi connectivity index (χ4v) is 3.93. The van der Waals surface area contributed by atoms with Crippen molar-refractivity contribution in [2.45, 2.75) is 38.3 Å². The zero-order chi connectivity index (χ0) is 21.7. The van der Waals surface area contributed by atoms with Crippen LogP contribution in [0, 0.1) is 0 Å². The van der Waals surface area contributed by atoms with Gasteiger partial charge in [0.05, 0.1) is 14.2 Å². The summed E-state index contributed by atoms with van der Waals surface area (Å²) in [6.45, 7) is 2.59. The van der Waals surface area contributed by atoms with Crippen molar-refractivity contribution in [1.29, 1.82) is 0 Å². The molecular formula is C23H27ClN2O4. The van der Waals surface area contributed by atoms with Crippen molar-refractivity contribution < 1.29 is 19.1 Å². The van der Waals surface area contributed by atoms with E-state index in [4.69, 9.17) is 21.1 Å². The van der Waals surface area contributed by atoms with Gasteiger partial charge in [0, 0.05) is 24.5 Å². The molecule has 0 bridgehead atoms. The van der Waals surface area contributed by atoms with Crippen molar-refractivity contribution in [3.8, 4) is 11.5 Å². The molecule has 1 fully saturated rings. The molecule has 0 radical (unpaired) electrons. The van der Waals surface area contributed by atoms with Gasteiger partial charge in [-0.15, -0.1) is 0 Å². The van der Waals surface area contributed by atoms with Gasteiger partial charge in [0.25, 0.3) is 0 Å². The summed E-state index contributed by atoms with van der Waals surface area (Å²) in [7, 11) is 3.19. The summed E-state index contributed by atoms with van der Waals surface area (Å²) in [6.07, 6.45) is 1.48. The van der Waals surface area contributed by atoms with Gasteiger partial charge in [-0.2, -0.15) is 0 Å². The van der Waals surface area contributed by atoms with Crippen LogP contribution in [0.3, 0.4) is 0 Å². The summed E-state index contributed by atoms with van der Waals surface area (Å²) in [6, 6.07) is 13.1. The van der Waals surface area contributed by atoms with Gasteiger partial charge in [0.1, 0.15) is 5.54 Å². The van der Waals surface area contributed by atoms with Crippen molar-refractivity contribution in [2.24, 2.45) is 0 Å². The lowest BCUT2D eigenvalue weighted by molar-refractivity contribution is -0.141. The van der Waals surface area contributed by atoms with E-state index in [1.54, 1.807) is 25.2 Å². The highest BCUT2D eigenvalue weighted by atomic mass is 35.5. The van der Waals surface area contributed by atoms with Gasteiger partial charge < -0.3 is 19.7 Å². The van der Waals surface area contributed by atoms with Gasteiger partial charge >= 0.3 is 0 Å². The Hall–Kier alpha value is -2.73. The van der Waals surface area contributed by atoms with E-state index in [1.165, 1.54) is 0 Å². The number of ether oxygens (including phenoxy) is 2. The zero-order valence-electron chi connectivity index (χ0n) is 17.5. The number of nitrogens with zero attached hydrogens (tertiary/aromatic N) is 1. The Balaban J connectivity index is 1.64. The molecule has 1 N–H and O–H groups in total. The Kier molecular flexibility index (Phi) is 6.87. The van der Waals surface area contributed by atoms with Crippen molar-refractivity contribution in [1.82, 2.24) is 10.2 Å². The number of hydrogen-bond donors (Lipinski definition) is 1. The average Bonchev–Trinajstić information content (AvgIpc) is 3.04. The lowest BCUT2D eigenvalue weighted by atomic mass is 9.97. The van der Waals surface area contributed by atoms with E-state index in [-0.39, 0.29) is 11.8 Å². The van der Waals surface area contributed by atoms with Gasteiger partial charge in [0.2, 0.25) is 11.8 Å². The molecule has 0 unspecified atom stereocenters. The molecule has 0 spiro atoms. The van der Waals surface area contributed by atoms with Gasteiger partial charge in [-0.25, -0.2) is 0 Å². The highest BCUT2D eigenvalue weighted by Crippen LogP contribution is 2.33. The summed E-state index contributed by atoms with van der Waals surface area (Å²) in [5.74, 6) is 1.13. The summed E-state index contributed by atoms with van der Waals surface area (Å²) in [5.41, 5.74) is 0.959. The fraction of sp³-hybridized carbons (Fsp3) is 0.391. The number of hydrogen-bond acceptors (Lipinski definition) is 4. The molecule has 30 heavy (non-hydrogen) atoms. The number of carbonyl (C=O) groups is 2. The van der Waals surface area contributed by atoms with Crippen LogP contribution in [0.25, 0.3) is 0 Å². The SMILES string of the molecule is COc1ccc(CCNC(=O)[C@]2(C)CCC(=O)N2Cc2ccccc2Cl)cc1OC. The molecule has 7 heteroatoms. The molecule has 2 aromatic carbocycles. The molecule has 1 heterocycles. The standard InChI is InChI=1S/C23H27ClN2O4/c1-23(12-10-21(27)26(23)15-17-6-4-5-7-18(17)24)22(28)25-13-11-16-8-9-19(29-2)20(14-16)30-3/h4-9,14H,10-13,15H2,1-3H3,(H,25,28)/t23-/m0/s1. The van der Waals surface area contributed by atoms with Crippen LogP contribution in [0.1, 0.15) is 30.9 Å². The summed E-state index contributed by atoms with van der Waals surface area (Å²) in [5, 5.41) is 3.58. The van der Waals surface area contributed by atoms with Gasteiger partial charge in [-0.05, 0) is 49.1 Å². The average molecular weight is 431 g/mol. The zero-order valence-corrected chi connectivity index (χ0v) is 18.3. The Bertz CT molecular complexity index is 933. The number of benzene rings is 2. The molecule has 0 saturated carbocycles. The van der Waals surface area contributed by atoms with Crippen molar-refractivity contribution in [3.63, 3.8) is 0 Å². The van der Waals surface area contributed by atoms with E-state index in [0.29, 0.717) is 48.9 Å². The maximum Gasteiger partial charge on any atom is 0.245 e. The largest absolute Gasteiger partial charge is 0.493 e. The second-order valence-corrected chi connectivity index (χ2v) is 7.95. The second-order valence-electron chi connectivity index (χ2n) is 7.54. The van der Waals surface area contributed by atoms with Crippen LogP contribution < -0.4 is 14.8 Å². The highest BCUT2D eigenvalue weighted by molar-refractivity contribution is 6.31. The molecule has 1 aliphatic rings. The minimum atomic E-state index is -0.895. The van der Waals surface area contributed by atoms with E-state index in [0.717, 1.165) is 11.1 Å². The third-order valence-corrected chi connectivity index (χ3v) is 6.01. The highest BCUT2D eigenvalue weighted by Gasteiger charge is 2.47. The summed E-state index contributed by atoms with van der Waals surface area (Å²) >= 11 is 6.26. The van der Waals surface area contributed by atoms with Crippen LogP contribution in [0.5, 0.6) is 11.5 Å². The van der Waals surface area contributed by atoms with E-state index in [2.05, 4.69) is 5.32 Å². The van der Waals surface area contributed by atoms with Crippen LogP contribution in [0.2, 0.25) is 5.02 Å². The van der Waals surface area contributed by atoms with Crippen molar-refractivity contribution in [3.05, 3.63) is 58.6 Å². The Morgan fingerprint density at radius 2 is 1.90 bits per heavy atom. The molecule has 160 valence electrons. The molecule has 0 aliphatic carbocycles. The van der Waals surface area contributed by atoms with Crippen molar-refractivity contribution in [2.75, 3.05) is 20.8 Å². The normalized spacial score (nSPS) is 18.4. The molecule has 0 aromatic heterocycles. The molecule has 2 aromatic rings. The topological polar surface area (TPSA) is 67.9 Å². The Labute approximate surface area is 182 Å². The predicted molar refractivity (Wildman–Crippen MR) is 116 cm³/mol. The van der Waals surface area contributed by atoms with E-state index >= 15 is 0 Å². The van der Waals surface area contributed by atoms with Crippen LogP contribution >= 0.6 is 11.6 Å². The van der Waals surface area contributed by atoms with Crippen LogP contribution in [-0.4, -0.2) is 43.0 Å². The number of rotatable bonds is 8. The Morgan fingerprint density at radius 1 is 1.17 bits per heavy atom. The Morgan fingerprint density at radius 3 is 2.60 bits per heavy atom. The molecule has 1 saturated heterocycles. The van der Waals surface area contributed by atoms with Crippen molar-refractivity contribution >= 4 is 23.4 Å². The maximum atomic E-state index is 13.0. The first kappa shape index (κ1) is 22.0. The summed E-state index contributed by atoms with van der Waals surface area (Å²) < 4.78 is 10.6. The molecule has 1 aliphatic heterocycles. The number of amides is 2. The number of likely N-dealkylation sites (tertiary alicyclic amines) is 1. The molecule has 2 amide bonds. The van der Waals surface area contributed by atoms with Crippen LogP contribution in [0.15, 0.2) is 42.5 Å². The number of carbonyl (C=O) groups excluding carboxylic acids is 2. The fourth-order valence-electron chi connectivity index (χ4n) is 3.74. The minimum Gasteiger partial charge on any atom is -0.493 e. The molecule has 6 nitrogen and oxygen atoms in total. The monoisotopic (exact) mass is 430 g/mol. The third-order valence-electron chi connectivity index (χ3n) is 5.65. The van der Waals surface area contributed by atoms with Gasteiger partial charge in [-0.1, -0.05) is 35.9 Å². The number of nitrogens with one attached hydrogen (secondary N) is 1. The lowest BCUT2D eigenvalue weighted by Crippen LogP contribution is -2.54. The predicted octanol–water partition coefficient (Wildman–Crippen LogP) is 3.60. The lowest BCUT2D eigenvalue weighted by Gasteiger charge is -2.34. The maximum absolute atomic E-state index is 13.0. The smallest absolute Gasteiger partial charge is 0.245 e. The first-order chi connectivity index (χ1) is 14.4.